The third kappa shape index (κ3) is 3.45. The van der Waals surface area contributed by atoms with Gasteiger partial charge in [0.2, 0.25) is 0 Å². The number of hydrogen-bond acceptors (Lipinski definition) is 5. The molecule has 0 fully saturated rings. The van der Waals surface area contributed by atoms with Crippen LogP contribution in [0.15, 0.2) is 60.9 Å². The van der Waals surface area contributed by atoms with E-state index in [1.54, 1.807) is 6.20 Å². The van der Waals surface area contributed by atoms with Gasteiger partial charge in [-0.15, -0.1) is 0 Å². The Labute approximate surface area is 211 Å². The van der Waals surface area contributed by atoms with Gasteiger partial charge in [-0.1, -0.05) is 24.3 Å². The van der Waals surface area contributed by atoms with E-state index in [9.17, 15) is 4.79 Å². The molecule has 2 aliphatic heterocycles. The van der Waals surface area contributed by atoms with Crippen LogP contribution in [0, 0.1) is 13.8 Å². The van der Waals surface area contributed by atoms with E-state index in [0.29, 0.717) is 17.9 Å². The van der Waals surface area contributed by atoms with Crippen LogP contribution in [0.1, 0.15) is 67.2 Å². The largest absolute Gasteiger partial charge is 0.384 e. The van der Waals surface area contributed by atoms with Gasteiger partial charge < -0.3 is 15.8 Å². The Bertz CT molecular complexity index is 1490. The second-order valence-corrected chi connectivity index (χ2v) is 10.2. The molecule has 2 bridgehead atoms. The number of hydrogen-bond donors (Lipinski definition) is 2. The number of amides is 1. The zero-order valence-corrected chi connectivity index (χ0v) is 20.9. The molecular weight excluding hydrogens is 448 g/mol. The fourth-order valence-corrected chi connectivity index (χ4v) is 5.52. The fraction of sp³-hybridized carbons (Fsp3) is 0.222. The molecule has 0 saturated carbocycles. The predicted molar refractivity (Wildman–Crippen MR) is 143 cm³/mol. The molecule has 9 heteroatoms. The number of fused-ring (bicyclic) bond motifs is 8. The first-order valence-corrected chi connectivity index (χ1v) is 12.2. The second kappa shape index (κ2) is 8.10. The maximum Gasteiger partial charge on any atom is 0.251 e. The zero-order chi connectivity index (χ0) is 25.2. The van der Waals surface area contributed by atoms with Crippen LogP contribution in [0.25, 0.3) is 0 Å². The Morgan fingerprint density at radius 3 is 2.50 bits per heavy atom. The van der Waals surface area contributed by atoms with E-state index in [1.807, 2.05) is 55.1 Å². The summed E-state index contributed by atoms with van der Waals surface area (Å²) < 4.78 is 8.38. The van der Waals surface area contributed by atoms with Gasteiger partial charge in [0.25, 0.3) is 5.91 Å². The minimum atomic E-state index is -0.276. The SMILES string of the molecule is BC(B)(c1ccc2c(c1)C1OC2c2cc(C(=O)NCc3c(C)cc(N)nc3C)ccc21)n1cccn1. The van der Waals surface area contributed by atoms with Gasteiger partial charge in [-0.2, -0.15) is 5.10 Å². The summed E-state index contributed by atoms with van der Waals surface area (Å²) in [5.41, 5.74) is 15.1. The summed E-state index contributed by atoms with van der Waals surface area (Å²) in [5.74, 6) is 0.374. The van der Waals surface area contributed by atoms with Crippen molar-refractivity contribution < 1.29 is 9.53 Å². The molecule has 1 amide bonds. The first-order chi connectivity index (χ1) is 17.2. The first-order valence-electron chi connectivity index (χ1n) is 12.2. The van der Waals surface area contributed by atoms with Gasteiger partial charge in [0.15, 0.2) is 0 Å². The number of aryl methyl sites for hydroxylation is 2. The summed E-state index contributed by atoms with van der Waals surface area (Å²) >= 11 is 0. The van der Waals surface area contributed by atoms with Crippen molar-refractivity contribution in [3.63, 3.8) is 0 Å². The topological polar surface area (TPSA) is 95.1 Å². The van der Waals surface area contributed by atoms with E-state index in [1.165, 1.54) is 16.7 Å². The Balaban J connectivity index is 1.24. The molecule has 2 aromatic carbocycles. The number of nitrogen functional groups attached to an aromatic ring is 1. The molecule has 7 nitrogen and oxygen atoms in total. The minimum absolute atomic E-state index is 0.114. The number of nitrogens with zero attached hydrogens (tertiary/aromatic N) is 3. The molecule has 0 radical (unpaired) electrons. The minimum Gasteiger partial charge on any atom is -0.384 e. The van der Waals surface area contributed by atoms with Crippen molar-refractivity contribution in [2.75, 3.05) is 5.73 Å². The summed E-state index contributed by atoms with van der Waals surface area (Å²) in [6.45, 7) is 4.30. The highest BCUT2D eigenvalue weighted by atomic mass is 16.5. The number of nitrogens with one attached hydrogen (secondary N) is 1. The number of rotatable bonds is 5. The average Bonchev–Trinajstić information content (AvgIpc) is 3.59. The number of carbonyl (C=O) groups excluding carboxylic acids is 1. The Morgan fingerprint density at radius 2 is 1.81 bits per heavy atom. The van der Waals surface area contributed by atoms with Crippen LogP contribution >= 0.6 is 0 Å². The normalized spacial score (nSPS) is 17.6. The van der Waals surface area contributed by atoms with Gasteiger partial charge in [-0.3, -0.25) is 9.48 Å². The summed E-state index contributed by atoms with van der Waals surface area (Å²) in [5, 5.41) is 7.22. The molecule has 0 spiro atoms. The Morgan fingerprint density at radius 1 is 1.08 bits per heavy atom. The van der Waals surface area contributed by atoms with E-state index in [0.717, 1.165) is 27.9 Å². The summed E-state index contributed by atoms with van der Waals surface area (Å²) in [7, 11) is 4.33. The first kappa shape index (κ1) is 22.6. The molecule has 2 aliphatic rings. The smallest absolute Gasteiger partial charge is 0.251 e. The van der Waals surface area contributed by atoms with Crippen LogP contribution in [0.5, 0.6) is 0 Å². The molecule has 0 aliphatic carbocycles. The van der Waals surface area contributed by atoms with E-state index in [-0.39, 0.29) is 23.5 Å². The molecule has 2 aromatic heterocycles. The maximum absolute atomic E-state index is 13.0. The van der Waals surface area contributed by atoms with E-state index in [2.05, 4.69) is 49.3 Å². The molecule has 4 aromatic rings. The van der Waals surface area contributed by atoms with Crippen molar-refractivity contribution in [3.8, 4) is 0 Å². The highest BCUT2D eigenvalue weighted by Crippen LogP contribution is 2.54. The molecule has 4 heterocycles. The number of carbonyl (C=O) groups is 1. The van der Waals surface area contributed by atoms with Gasteiger partial charge in [0, 0.05) is 35.5 Å². The lowest BCUT2D eigenvalue weighted by Gasteiger charge is -2.28. The third-order valence-corrected chi connectivity index (χ3v) is 7.62. The van der Waals surface area contributed by atoms with Crippen molar-refractivity contribution in [1.82, 2.24) is 20.1 Å². The molecule has 178 valence electrons. The molecular formula is C27H27B2N5O2. The van der Waals surface area contributed by atoms with Crippen LogP contribution in [0.3, 0.4) is 0 Å². The third-order valence-electron chi connectivity index (χ3n) is 7.62. The lowest BCUT2D eigenvalue weighted by Crippen LogP contribution is -2.36. The number of anilines is 1. The monoisotopic (exact) mass is 475 g/mol. The molecule has 6 rings (SSSR count). The Kier molecular flexibility index (Phi) is 5.09. The van der Waals surface area contributed by atoms with Gasteiger partial charge in [-0.25, -0.2) is 4.98 Å². The van der Waals surface area contributed by atoms with Crippen LogP contribution in [0.2, 0.25) is 0 Å². The maximum atomic E-state index is 13.0. The molecule has 2 atom stereocenters. The number of aromatic nitrogens is 3. The molecule has 3 N–H and O–H groups in total. The van der Waals surface area contributed by atoms with Crippen LogP contribution < -0.4 is 11.1 Å². The molecule has 0 saturated heterocycles. The number of benzene rings is 2. The number of ether oxygens (including phenoxy) is 1. The molecule has 2 unspecified atom stereocenters. The molecule has 36 heavy (non-hydrogen) atoms. The fourth-order valence-electron chi connectivity index (χ4n) is 5.52. The lowest BCUT2D eigenvalue weighted by molar-refractivity contribution is 0.0857. The van der Waals surface area contributed by atoms with Gasteiger partial charge in [0.1, 0.15) is 33.7 Å². The highest BCUT2D eigenvalue weighted by molar-refractivity contribution is 6.39. The lowest BCUT2D eigenvalue weighted by atomic mass is 9.58. The number of nitrogens with two attached hydrogens (primary N) is 1. The van der Waals surface area contributed by atoms with Crippen molar-refractivity contribution in [2.45, 2.75) is 37.9 Å². The van der Waals surface area contributed by atoms with Crippen LogP contribution in [0.4, 0.5) is 5.82 Å². The van der Waals surface area contributed by atoms with Gasteiger partial charge >= 0.3 is 0 Å². The quantitative estimate of drug-likeness (QED) is 0.430. The summed E-state index contributed by atoms with van der Waals surface area (Å²) in [6.07, 6.45) is 3.53. The van der Waals surface area contributed by atoms with Crippen LogP contribution in [-0.2, 0) is 16.6 Å². The van der Waals surface area contributed by atoms with Crippen LogP contribution in [-0.4, -0.2) is 36.4 Å². The van der Waals surface area contributed by atoms with Crippen molar-refractivity contribution in [2.24, 2.45) is 0 Å². The van der Waals surface area contributed by atoms with Crippen molar-refractivity contribution in [1.29, 1.82) is 0 Å². The van der Waals surface area contributed by atoms with Crippen molar-refractivity contribution >= 4 is 27.4 Å². The Hall–Kier alpha value is -3.84. The van der Waals surface area contributed by atoms with E-state index in [4.69, 9.17) is 10.5 Å². The average molecular weight is 475 g/mol. The van der Waals surface area contributed by atoms with Gasteiger partial charge in [-0.05, 0) is 77.1 Å². The van der Waals surface area contributed by atoms with E-state index >= 15 is 0 Å². The second-order valence-electron chi connectivity index (χ2n) is 10.2. The van der Waals surface area contributed by atoms with E-state index < -0.39 is 0 Å². The summed E-state index contributed by atoms with van der Waals surface area (Å²) in [6, 6.07) is 16.2. The standard InChI is InChI=1S/C27H27B2N5O2/c1-14-10-23(30)33-15(2)22(14)13-31-26(35)16-4-6-18-20(11-16)24-19-7-5-17(12-21(19)25(18)36-24)27(28,29)34-9-3-8-32-34/h3-12,24-25H,13,28-29H2,1-2H3,(H2,30,33)(H,31,35). The highest BCUT2D eigenvalue weighted by Gasteiger charge is 2.43. The summed E-state index contributed by atoms with van der Waals surface area (Å²) in [4.78, 5) is 17.3. The predicted octanol–water partition coefficient (Wildman–Crippen LogP) is 1.85. The number of pyridine rings is 1. The van der Waals surface area contributed by atoms with Gasteiger partial charge in [0.05, 0.1) is 0 Å². The zero-order valence-electron chi connectivity index (χ0n) is 20.9. The van der Waals surface area contributed by atoms with Crippen molar-refractivity contribution in [3.05, 3.63) is 111 Å².